The van der Waals surface area contributed by atoms with E-state index in [4.69, 9.17) is 10.5 Å². The van der Waals surface area contributed by atoms with E-state index in [2.05, 4.69) is 5.32 Å². The highest BCUT2D eigenvalue weighted by molar-refractivity contribution is 7.89. The summed E-state index contributed by atoms with van der Waals surface area (Å²) in [6, 6.07) is 5.70. The molecular formula is C17H27N3O4S. The van der Waals surface area contributed by atoms with Crippen molar-refractivity contribution in [2.24, 2.45) is 11.7 Å². The van der Waals surface area contributed by atoms with Gasteiger partial charge in [0.25, 0.3) is 0 Å². The van der Waals surface area contributed by atoms with Gasteiger partial charge in [-0.05, 0) is 43.4 Å². The van der Waals surface area contributed by atoms with Crippen LogP contribution in [0.15, 0.2) is 29.2 Å². The van der Waals surface area contributed by atoms with Gasteiger partial charge >= 0.3 is 0 Å². The number of hydrogen-bond acceptors (Lipinski definition) is 5. The molecule has 8 heteroatoms. The van der Waals surface area contributed by atoms with Crippen LogP contribution in [-0.4, -0.2) is 52.0 Å². The van der Waals surface area contributed by atoms with Crippen LogP contribution < -0.4 is 11.1 Å². The van der Waals surface area contributed by atoms with Gasteiger partial charge < -0.3 is 15.8 Å². The summed E-state index contributed by atoms with van der Waals surface area (Å²) in [5.74, 6) is -0.0575. The summed E-state index contributed by atoms with van der Waals surface area (Å²) >= 11 is 0. The number of nitrogens with zero attached hydrogens (tertiary/aromatic N) is 1. The van der Waals surface area contributed by atoms with Crippen molar-refractivity contribution in [2.75, 3.05) is 27.3 Å². The first-order valence-electron chi connectivity index (χ1n) is 8.39. The van der Waals surface area contributed by atoms with Gasteiger partial charge in [-0.25, -0.2) is 12.7 Å². The molecular weight excluding hydrogens is 342 g/mol. The fraction of sp³-hybridized carbons (Fsp3) is 0.588. The molecule has 0 spiro atoms. The Morgan fingerprint density at radius 3 is 2.32 bits per heavy atom. The van der Waals surface area contributed by atoms with E-state index < -0.39 is 16.1 Å². The topological polar surface area (TPSA) is 102 Å². The van der Waals surface area contributed by atoms with Crippen LogP contribution in [0.2, 0.25) is 0 Å². The van der Waals surface area contributed by atoms with Crippen LogP contribution in [0.25, 0.3) is 0 Å². The largest absolute Gasteiger partial charge is 0.381 e. The molecule has 1 aliphatic heterocycles. The first-order chi connectivity index (χ1) is 11.7. The summed E-state index contributed by atoms with van der Waals surface area (Å²) in [7, 11) is -0.476. The van der Waals surface area contributed by atoms with E-state index in [1.54, 1.807) is 24.3 Å². The lowest BCUT2D eigenvalue weighted by Gasteiger charge is -2.28. The molecule has 3 N–H and O–H groups in total. The van der Waals surface area contributed by atoms with Crippen molar-refractivity contribution in [3.05, 3.63) is 29.8 Å². The molecule has 1 aromatic carbocycles. The molecule has 2 rings (SSSR count). The van der Waals surface area contributed by atoms with Crippen LogP contribution in [0.1, 0.15) is 31.4 Å². The molecule has 0 saturated carbocycles. The lowest BCUT2D eigenvalue weighted by Crippen LogP contribution is -2.47. The molecule has 0 aromatic heterocycles. The second-order valence-corrected chi connectivity index (χ2v) is 8.71. The number of rotatable bonds is 6. The van der Waals surface area contributed by atoms with E-state index in [0.29, 0.717) is 13.2 Å². The average Bonchev–Trinajstić information content (AvgIpc) is 2.61. The van der Waals surface area contributed by atoms with E-state index in [0.717, 1.165) is 18.4 Å². The van der Waals surface area contributed by atoms with Gasteiger partial charge in [0, 0.05) is 27.3 Å². The molecule has 2 atom stereocenters. The van der Waals surface area contributed by atoms with Crippen LogP contribution in [0.3, 0.4) is 0 Å². The van der Waals surface area contributed by atoms with Crippen molar-refractivity contribution in [3.8, 4) is 0 Å². The predicted molar refractivity (Wildman–Crippen MR) is 95.4 cm³/mol. The first kappa shape index (κ1) is 19.8. The number of amides is 1. The summed E-state index contributed by atoms with van der Waals surface area (Å²) in [5.41, 5.74) is 6.90. The van der Waals surface area contributed by atoms with Gasteiger partial charge in [-0.1, -0.05) is 12.1 Å². The Labute approximate surface area is 149 Å². The third-order valence-electron chi connectivity index (χ3n) is 4.59. The molecule has 2 unspecified atom stereocenters. The molecule has 7 nitrogen and oxygen atoms in total. The maximum absolute atomic E-state index is 12.4. The third kappa shape index (κ3) is 4.78. The van der Waals surface area contributed by atoms with E-state index in [1.165, 1.54) is 18.4 Å². The summed E-state index contributed by atoms with van der Waals surface area (Å²) < 4.78 is 30.6. The number of carbonyl (C=O) groups is 1. The smallest absolute Gasteiger partial charge is 0.242 e. The highest BCUT2D eigenvalue weighted by Crippen LogP contribution is 2.20. The minimum absolute atomic E-state index is 0.133. The highest BCUT2D eigenvalue weighted by atomic mass is 32.2. The molecule has 1 amide bonds. The quantitative estimate of drug-likeness (QED) is 0.775. The van der Waals surface area contributed by atoms with Crippen molar-refractivity contribution < 1.29 is 17.9 Å². The lowest BCUT2D eigenvalue weighted by atomic mass is 9.91. The molecule has 1 aliphatic rings. The maximum atomic E-state index is 12.4. The molecule has 1 saturated heterocycles. The minimum Gasteiger partial charge on any atom is -0.381 e. The standard InChI is InChI=1S/C17H27N3O4S/c1-12(19-17(21)16(18)14-8-10-24-11-9-14)13-4-6-15(7-5-13)25(22,23)20(2)3/h4-7,12,14,16H,8-11,18H2,1-3H3,(H,19,21). The Morgan fingerprint density at radius 1 is 1.24 bits per heavy atom. The van der Waals surface area contributed by atoms with Crippen LogP contribution in [0, 0.1) is 5.92 Å². The summed E-state index contributed by atoms with van der Waals surface area (Å²) in [5, 5.41) is 2.91. The minimum atomic E-state index is -3.46. The van der Waals surface area contributed by atoms with Gasteiger partial charge in [0.2, 0.25) is 15.9 Å². The summed E-state index contributed by atoms with van der Waals surface area (Å²) in [6.07, 6.45) is 1.58. The number of nitrogens with two attached hydrogens (primary N) is 1. The Hall–Kier alpha value is -1.48. The van der Waals surface area contributed by atoms with E-state index in [1.807, 2.05) is 6.92 Å². The maximum Gasteiger partial charge on any atom is 0.242 e. The second kappa shape index (κ2) is 8.27. The first-order valence-corrected chi connectivity index (χ1v) is 9.83. The van der Waals surface area contributed by atoms with Crippen molar-refractivity contribution in [2.45, 2.75) is 36.7 Å². The average molecular weight is 369 g/mol. The summed E-state index contributed by atoms with van der Waals surface area (Å²) in [6.45, 7) is 3.13. The summed E-state index contributed by atoms with van der Waals surface area (Å²) in [4.78, 5) is 12.6. The molecule has 1 heterocycles. The van der Waals surface area contributed by atoms with Crippen LogP contribution in [0.4, 0.5) is 0 Å². The molecule has 140 valence electrons. The molecule has 0 aliphatic carbocycles. The molecule has 25 heavy (non-hydrogen) atoms. The van der Waals surface area contributed by atoms with Crippen LogP contribution in [-0.2, 0) is 19.6 Å². The third-order valence-corrected chi connectivity index (χ3v) is 6.42. The number of hydrogen-bond donors (Lipinski definition) is 2. The fourth-order valence-electron chi connectivity index (χ4n) is 2.82. The second-order valence-electron chi connectivity index (χ2n) is 6.56. The Kier molecular flexibility index (Phi) is 6.56. The number of nitrogens with one attached hydrogen (secondary N) is 1. The molecule has 1 fully saturated rings. The van der Waals surface area contributed by atoms with E-state index in [9.17, 15) is 13.2 Å². The molecule has 0 radical (unpaired) electrons. The van der Waals surface area contributed by atoms with Gasteiger partial charge in [0.05, 0.1) is 17.0 Å². The van der Waals surface area contributed by atoms with Crippen LogP contribution in [0.5, 0.6) is 0 Å². The zero-order chi connectivity index (χ0) is 18.6. The molecule has 0 bridgehead atoms. The normalized spacial score (nSPS) is 18.8. The van der Waals surface area contributed by atoms with E-state index >= 15 is 0 Å². The Balaban J connectivity index is 2.00. The van der Waals surface area contributed by atoms with Gasteiger partial charge in [0.1, 0.15) is 0 Å². The van der Waals surface area contributed by atoms with Gasteiger partial charge in [-0.2, -0.15) is 0 Å². The van der Waals surface area contributed by atoms with Gasteiger partial charge in [-0.3, -0.25) is 4.79 Å². The Morgan fingerprint density at radius 2 is 1.80 bits per heavy atom. The van der Waals surface area contributed by atoms with Crippen molar-refractivity contribution >= 4 is 15.9 Å². The van der Waals surface area contributed by atoms with Crippen molar-refractivity contribution in [3.63, 3.8) is 0 Å². The van der Waals surface area contributed by atoms with Gasteiger partial charge in [0.15, 0.2) is 0 Å². The zero-order valence-electron chi connectivity index (χ0n) is 14.9. The monoisotopic (exact) mass is 369 g/mol. The van der Waals surface area contributed by atoms with Crippen molar-refractivity contribution in [1.82, 2.24) is 9.62 Å². The number of benzene rings is 1. The highest BCUT2D eigenvalue weighted by Gasteiger charge is 2.27. The zero-order valence-corrected chi connectivity index (χ0v) is 15.8. The van der Waals surface area contributed by atoms with E-state index in [-0.39, 0.29) is 22.8 Å². The number of ether oxygens (including phenoxy) is 1. The fourth-order valence-corrected chi connectivity index (χ4v) is 3.72. The SMILES string of the molecule is CC(NC(=O)C(N)C1CCOCC1)c1ccc(S(=O)(=O)N(C)C)cc1. The Bertz CT molecular complexity index is 682. The number of carbonyl (C=O) groups excluding carboxylic acids is 1. The number of sulfonamides is 1. The van der Waals surface area contributed by atoms with Gasteiger partial charge in [-0.15, -0.1) is 0 Å². The van der Waals surface area contributed by atoms with Crippen molar-refractivity contribution in [1.29, 1.82) is 0 Å². The lowest BCUT2D eigenvalue weighted by molar-refractivity contribution is -0.125. The van der Waals surface area contributed by atoms with Crippen LogP contribution >= 0.6 is 0 Å². The predicted octanol–water partition coefficient (Wildman–Crippen LogP) is 0.868. The molecule has 1 aromatic rings.